The SMILES string of the molecule is CCc1cc(Br)cc(C2CCNCC2)c1OC. The number of hydrogen-bond acceptors (Lipinski definition) is 2. The number of benzene rings is 1. The molecule has 0 spiro atoms. The van der Waals surface area contributed by atoms with Gasteiger partial charge in [-0.3, -0.25) is 0 Å². The van der Waals surface area contributed by atoms with Crippen molar-refractivity contribution >= 4 is 15.9 Å². The molecular formula is C14H20BrNO. The van der Waals surface area contributed by atoms with Gasteiger partial charge in [0.1, 0.15) is 5.75 Å². The molecule has 1 fully saturated rings. The second kappa shape index (κ2) is 5.87. The first-order valence-corrected chi connectivity index (χ1v) is 7.12. The summed E-state index contributed by atoms with van der Waals surface area (Å²) in [5.74, 6) is 1.73. The van der Waals surface area contributed by atoms with E-state index in [4.69, 9.17) is 4.74 Å². The van der Waals surface area contributed by atoms with Crippen molar-refractivity contribution < 1.29 is 4.74 Å². The molecule has 94 valence electrons. The third-order valence-corrected chi connectivity index (χ3v) is 3.98. The van der Waals surface area contributed by atoms with Crippen LogP contribution in [0.4, 0.5) is 0 Å². The van der Waals surface area contributed by atoms with Crippen LogP contribution in [0.3, 0.4) is 0 Å². The Balaban J connectivity index is 2.39. The molecule has 1 aromatic rings. The molecule has 1 N–H and O–H groups in total. The number of methoxy groups -OCH3 is 1. The molecule has 2 rings (SSSR count). The second-order valence-electron chi connectivity index (χ2n) is 4.57. The van der Waals surface area contributed by atoms with Crippen molar-refractivity contribution in [1.82, 2.24) is 5.32 Å². The Bertz CT molecular complexity index is 386. The van der Waals surface area contributed by atoms with Gasteiger partial charge in [-0.2, -0.15) is 0 Å². The van der Waals surface area contributed by atoms with Crippen molar-refractivity contribution in [1.29, 1.82) is 0 Å². The minimum absolute atomic E-state index is 0.633. The standard InChI is InChI=1S/C14H20BrNO/c1-3-10-8-12(15)9-13(14(10)17-2)11-4-6-16-7-5-11/h8-9,11,16H,3-7H2,1-2H3. The fourth-order valence-electron chi connectivity index (χ4n) is 2.62. The predicted octanol–water partition coefficient (Wildman–Crippen LogP) is 3.49. The van der Waals surface area contributed by atoms with Crippen LogP contribution >= 0.6 is 15.9 Å². The summed E-state index contributed by atoms with van der Waals surface area (Å²) in [7, 11) is 1.78. The van der Waals surface area contributed by atoms with Gasteiger partial charge in [0, 0.05) is 4.47 Å². The first kappa shape index (κ1) is 12.9. The molecule has 1 aliphatic rings. The van der Waals surface area contributed by atoms with E-state index < -0.39 is 0 Å². The normalized spacial score (nSPS) is 17.1. The Morgan fingerprint density at radius 1 is 1.35 bits per heavy atom. The van der Waals surface area contributed by atoms with Crippen LogP contribution in [0, 0.1) is 0 Å². The third-order valence-electron chi connectivity index (χ3n) is 3.52. The lowest BCUT2D eigenvalue weighted by Crippen LogP contribution is -2.27. The van der Waals surface area contributed by atoms with Crippen molar-refractivity contribution in [2.75, 3.05) is 20.2 Å². The number of hydrogen-bond donors (Lipinski definition) is 1. The average Bonchev–Trinajstić information content (AvgIpc) is 2.38. The van der Waals surface area contributed by atoms with Gasteiger partial charge in [-0.05, 0) is 61.5 Å². The van der Waals surface area contributed by atoms with Gasteiger partial charge < -0.3 is 10.1 Å². The zero-order valence-corrected chi connectivity index (χ0v) is 12.1. The van der Waals surface area contributed by atoms with Crippen molar-refractivity contribution in [3.63, 3.8) is 0 Å². The van der Waals surface area contributed by atoms with E-state index in [-0.39, 0.29) is 0 Å². The molecule has 0 radical (unpaired) electrons. The molecule has 0 amide bonds. The molecule has 0 atom stereocenters. The van der Waals surface area contributed by atoms with Crippen LogP contribution in [0.5, 0.6) is 5.75 Å². The average molecular weight is 298 g/mol. The number of ether oxygens (including phenoxy) is 1. The number of nitrogens with one attached hydrogen (secondary N) is 1. The monoisotopic (exact) mass is 297 g/mol. The molecule has 1 saturated heterocycles. The largest absolute Gasteiger partial charge is 0.496 e. The first-order chi connectivity index (χ1) is 8.26. The summed E-state index contributed by atoms with van der Waals surface area (Å²) in [6.45, 7) is 4.40. The van der Waals surface area contributed by atoms with E-state index in [1.54, 1.807) is 7.11 Å². The van der Waals surface area contributed by atoms with Gasteiger partial charge in [0.15, 0.2) is 0 Å². The number of piperidine rings is 1. The van der Waals surface area contributed by atoms with Crippen molar-refractivity contribution in [3.05, 3.63) is 27.7 Å². The van der Waals surface area contributed by atoms with Crippen LogP contribution in [-0.2, 0) is 6.42 Å². The first-order valence-electron chi connectivity index (χ1n) is 6.33. The smallest absolute Gasteiger partial charge is 0.125 e. The molecule has 0 bridgehead atoms. The summed E-state index contributed by atoms with van der Waals surface area (Å²) >= 11 is 3.61. The maximum atomic E-state index is 5.63. The van der Waals surface area contributed by atoms with E-state index in [1.807, 2.05) is 0 Å². The minimum Gasteiger partial charge on any atom is -0.496 e. The molecule has 0 aliphatic carbocycles. The molecule has 17 heavy (non-hydrogen) atoms. The van der Waals surface area contributed by atoms with E-state index >= 15 is 0 Å². The van der Waals surface area contributed by atoms with Crippen LogP contribution < -0.4 is 10.1 Å². The predicted molar refractivity (Wildman–Crippen MR) is 74.9 cm³/mol. The number of halogens is 1. The third kappa shape index (κ3) is 2.83. The fraction of sp³-hybridized carbons (Fsp3) is 0.571. The van der Waals surface area contributed by atoms with Crippen LogP contribution in [0.15, 0.2) is 16.6 Å². The van der Waals surface area contributed by atoms with Crippen molar-refractivity contribution in [2.24, 2.45) is 0 Å². The summed E-state index contributed by atoms with van der Waals surface area (Å²) < 4.78 is 6.80. The summed E-state index contributed by atoms with van der Waals surface area (Å²) in [5.41, 5.74) is 2.68. The van der Waals surface area contributed by atoms with Gasteiger partial charge in [0.25, 0.3) is 0 Å². The lowest BCUT2D eigenvalue weighted by atomic mass is 9.88. The van der Waals surface area contributed by atoms with Gasteiger partial charge in [-0.15, -0.1) is 0 Å². The molecule has 1 aliphatic heterocycles. The number of rotatable bonds is 3. The molecule has 0 unspecified atom stereocenters. The Labute approximate surface area is 112 Å². The summed E-state index contributed by atoms with van der Waals surface area (Å²) in [6, 6.07) is 4.40. The van der Waals surface area contributed by atoms with E-state index in [2.05, 4.69) is 40.3 Å². The quantitative estimate of drug-likeness (QED) is 0.922. The Hall–Kier alpha value is -0.540. The highest BCUT2D eigenvalue weighted by Gasteiger charge is 2.21. The topological polar surface area (TPSA) is 21.3 Å². The Morgan fingerprint density at radius 2 is 2.06 bits per heavy atom. The van der Waals surface area contributed by atoms with Crippen LogP contribution in [-0.4, -0.2) is 20.2 Å². The molecule has 0 saturated carbocycles. The molecule has 2 nitrogen and oxygen atoms in total. The second-order valence-corrected chi connectivity index (χ2v) is 5.48. The van der Waals surface area contributed by atoms with E-state index in [0.29, 0.717) is 5.92 Å². The molecule has 0 aromatic heterocycles. The molecule has 1 heterocycles. The van der Waals surface area contributed by atoms with Gasteiger partial charge >= 0.3 is 0 Å². The van der Waals surface area contributed by atoms with Crippen LogP contribution in [0.25, 0.3) is 0 Å². The maximum Gasteiger partial charge on any atom is 0.125 e. The van der Waals surface area contributed by atoms with Crippen molar-refractivity contribution in [3.8, 4) is 5.75 Å². The van der Waals surface area contributed by atoms with Gasteiger partial charge in [-0.1, -0.05) is 22.9 Å². The summed E-state index contributed by atoms with van der Waals surface area (Å²) in [4.78, 5) is 0. The molecule has 3 heteroatoms. The highest BCUT2D eigenvalue weighted by molar-refractivity contribution is 9.10. The zero-order valence-electron chi connectivity index (χ0n) is 10.6. The summed E-state index contributed by atoms with van der Waals surface area (Å²) in [6.07, 6.45) is 3.42. The Kier molecular flexibility index (Phi) is 4.46. The van der Waals surface area contributed by atoms with Gasteiger partial charge in [0.05, 0.1) is 7.11 Å². The minimum atomic E-state index is 0.633. The summed E-state index contributed by atoms with van der Waals surface area (Å²) in [5, 5.41) is 3.41. The maximum absolute atomic E-state index is 5.63. The van der Waals surface area contributed by atoms with Gasteiger partial charge in [-0.25, -0.2) is 0 Å². The van der Waals surface area contributed by atoms with Crippen LogP contribution in [0.2, 0.25) is 0 Å². The highest BCUT2D eigenvalue weighted by atomic mass is 79.9. The Morgan fingerprint density at radius 3 is 2.65 bits per heavy atom. The van der Waals surface area contributed by atoms with E-state index in [1.165, 1.54) is 28.4 Å². The highest BCUT2D eigenvalue weighted by Crippen LogP contribution is 2.37. The van der Waals surface area contributed by atoms with E-state index in [9.17, 15) is 0 Å². The lowest BCUT2D eigenvalue weighted by Gasteiger charge is -2.26. The van der Waals surface area contributed by atoms with Crippen LogP contribution in [0.1, 0.15) is 36.8 Å². The van der Waals surface area contributed by atoms with Crippen molar-refractivity contribution in [2.45, 2.75) is 32.1 Å². The molecule has 1 aromatic carbocycles. The zero-order chi connectivity index (χ0) is 12.3. The number of aryl methyl sites for hydroxylation is 1. The van der Waals surface area contributed by atoms with Gasteiger partial charge in [0.2, 0.25) is 0 Å². The fourth-order valence-corrected chi connectivity index (χ4v) is 3.14. The van der Waals surface area contributed by atoms with E-state index in [0.717, 1.165) is 25.3 Å². The lowest BCUT2D eigenvalue weighted by molar-refractivity contribution is 0.387. The molecular weight excluding hydrogens is 278 g/mol.